The van der Waals surface area contributed by atoms with Gasteiger partial charge < -0.3 is 15.6 Å². The summed E-state index contributed by atoms with van der Waals surface area (Å²) in [7, 11) is 0. The third kappa shape index (κ3) is 33.6. The molecule has 5 heavy (non-hydrogen) atoms. The van der Waals surface area contributed by atoms with Crippen LogP contribution in [0.4, 0.5) is 4.79 Å². The Kier molecular flexibility index (Phi) is 10.2. The van der Waals surface area contributed by atoms with Gasteiger partial charge in [-0.15, -0.1) is 0 Å². The van der Waals surface area contributed by atoms with Gasteiger partial charge in [-0.1, -0.05) is 0 Å². The Labute approximate surface area is 88.3 Å². The summed E-state index contributed by atoms with van der Waals surface area (Å²) in [4.78, 5) is 8.67. The zero-order valence-corrected chi connectivity index (χ0v) is 9.17. The fraction of sp³-hybridized carbons (Fsp3) is 0. The van der Waals surface area contributed by atoms with Crippen LogP contribution in [-0.2, 0) is 0 Å². The number of hydrogen-bond donors (Lipinski definition) is 1. The van der Waals surface area contributed by atoms with Crippen LogP contribution in [0.1, 0.15) is 0 Å². The van der Waals surface area contributed by atoms with Crippen molar-refractivity contribution in [3.63, 3.8) is 0 Å². The van der Waals surface area contributed by atoms with Crippen molar-refractivity contribution in [1.82, 2.24) is 0 Å². The summed E-state index contributed by atoms with van der Waals surface area (Å²) in [6.07, 6.45) is -1.58. The van der Waals surface area contributed by atoms with Gasteiger partial charge in [0.25, 0.3) is 0 Å². The van der Waals surface area contributed by atoms with Crippen LogP contribution in [0.2, 0.25) is 0 Å². The van der Waals surface area contributed by atoms with E-state index < -0.39 is 6.09 Å². The van der Waals surface area contributed by atoms with Crippen molar-refractivity contribution in [2.24, 2.45) is 5.73 Å². The van der Waals surface area contributed by atoms with E-state index in [0.29, 0.717) is 0 Å². The van der Waals surface area contributed by atoms with E-state index in [-0.39, 0.29) is 68.9 Å². The van der Waals surface area contributed by atoms with E-state index in [9.17, 15) is 0 Å². The minimum absolute atomic E-state index is 0. The minimum atomic E-state index is -1.58. The zero-order chi connectivity index (χ0) is 3.58. The maximum Gasteiger partial charge on any atom is 1.00 e. The van der Waals surface area contributed by atoms with Crippen LogP contribution in [0.15, 0.2) is 0 Å². The predicted molar refractivity (Wildman–Crippen MR) is 9.58 cm³/mol. The Morgan fingerprint density at radius 3 is 1.80 bits per heavy atom. The van der Waals surface area contributed by atoms with Gasteiger partial charge in [0.15, 0.2) is 0 Å². The SMILES string of the molecule is NC(=O)[O-].[Cs+]. The molecule has 2 N–H and O–H groups in total. The molecule has 0 aromatic carbocycles. The fourth-order valence-electron chi connectivity index (χ4n) is 0. The monoisotopic (exact) mass is 193 g/mol. The van der Waals surface area contributed by atoms with Crippen LogP contribution < -0.4 is 79.7 Å². The molecule has 0 aliphatic heterocycles. The molecular weight excluding hydrogens is 191 g/mol. The van der Waals surface area contributed by atoms with Crippen molar-refractivity contribution in [3.05, 3.63) is 0 Å². The molecule has 0 spiro atoms. The number of nitrogens with two attached hydrogens (primary N) is 1. The van der Waals surface area contributed by atoms with Crippen molar-refractivity contribution in [2.75, 3.05) is 0 Å². The average Bonchev–Trinajstić information content (AvgIpc) is 0.811. The summed E-state index contributed by atoms with van der Waals surface area (Å²) in [6.45, 7) is 0. The smallest absolute Gasteiger partial charge is 0.530 e. The number of carbonyl (C=O) groups is 1. The van der Waals surface area contributed by atoms with E-state index in [1.54, 1.807) is 0 Å². The van der Waals surface area contributed by atoms with Crippen LogP contribution in [-0.4, -0.2) is 6.09 Å². The van der Waals surface area contributed by atoms with Gasteiger partial charge in [-0.05, 0) is 0 Å². The number of carboxylic acid groups (broad SMARTS) is 1. The summed E-state index contributed by atoms with van der Waals surface area (Å²) < 4.78 is 0. The molecule has 0 rings (SSSR count). The van der Waals surface area contributed by atoms with E-state index >= 15 is 0 Å². The molecule has 0 heterocycles. The van der Waals surface area contributed by atoms with Crippen molar-refractivity contribution in [2.45, 2.75) is 0 Å². The van der Waals surface area contributed by atoms with E-state index in [0.717, 1.165) is 0 Å². The Balaban J connectivity index is 0. The van der Waals surface area contributed by atoms with E-state index in [1.165, 1.54) is 0 Å². The zero-order valence-electron chi connectivity index (χ0n) is 2.89. The first kappa shape index (κ1) is 9.59. The summed E-state index contributed by atoms with van der Waals surface area (Å²) in [6, 6.07) is 0. The fourth-order valence-corrected chi connectivity index (χ4v) is 0. The second kappa shape index (κ2) is 5.32. The second-order valence-corrected chi connectivity index (χ2v) is 0.319. The molecule has 0 unspecified atom stereocenters. The Morgan fingerprint density at radius 2 is 1.80 bits per heavy atom. The molecule has 0 atom stereocenters. The number of carbonyl (C=O) groups excluding carboxylic acids is 1. The van der Waals surface area contributed by atoms with Gasteiger partial charge in [0, 0.05) is 0 Å². The van der Waals surface area contributed by atoms with E-state index in [2.05, 4.69) is 5.73 Å². The van der Waals surface area contributed by atoms with E-state index in [1.807, 2.05) is 0 Å². The average molecular weight is 193 g/mol. The predicted octanol–water partition coefficient (Wildman–Crippen LogP) is -4.71. The molecule has 4 heteroatoms. The maximum absolute atomic E-state index is 8.67. The second-order valence-electron chi connectivity index (χ2n) is 0.319. The molecule has 0 radical (unpaired) electrons. The first-order chi connectivity index (χ1) is 1.73. The largest absolute Gasteiger partial charge is 1.00 e. The van der Waals surface area contributed by atoms with Crippen LogP contribution in [0.5, 0.6) is 0 Å². The minimum Gasteiger partial charge on any atom is -0.530 e. The topological polar surface area (TPSA) is 66.2 Å². The van der Waals surface area contributed by atoms with Crippen molar-refractivity contribution >= 4 is 6.09 Å². The summed E-state index contributed by atoms with van der Waals surface area (Å²) in [5, 5.41) is 8.67. The maximum atomic E-state index is 8.67. The third-order valence-electron chi connectivity index (χ3n) is 0. The van der Waals surface area contributed by atoms with Gasteiger partial charge >= 0.3 is 68.9 Å². The summed E-state index contributed by atoms with van der Waals surface area (Å²) >= 11 is 0. The summed E-state index contributed by atoms with van der Waals surface area (Å²) in [5.74, 6) is 0. The third-order valence-corrected chi connectivity index (χ3v) is 0. The van der Waals surface area contributed by atoms with Gasteiger partial charge in [0.05, 0.1) is 0 Å². The standard InChI is InChI=1S/CH3NO2.Cs/c2-1(3)4;/h2H2,(H,3,4);/q;+1/p-1. The molecule has 3 nitrogen and oxygen atoms in total. The number of amides is 1. The van der Waals surface area contributed by atoms with Gasteiger partial charge in [-0.2, -0.15) is 0 Å². The molecule has 1 amide bonds. The van der Waals surface area contributed by atoms with Gasteiger partial charge in [0.1, 0.15) is 6.09 Å². The molecule has 0 aromatic heterocycles. The van der Waals surface area contributed by atoms with E-state index in [4.69, 9.17) is 9.90 Å². The number of primary amides is 1. The molecule has 0 aliphatic rings. The normalized spacial score (nSPS) is 4.80. The molecule has 0 saturated carbocycles. The van der Waals surface area contributed by atoms with Crippen molar-refractivity contribution in [3.8, 4) is 0 Å². The number of hydrogen-bond acceptors (Lipinski definition) is 2. The van der Waals surface area contributed by atoms with Gasteiger partial charge in [-0.25, -0.2) is 0 Å². The molecule has 0 aromatic rings. The molecule has 0 saturated heterocycles. The first-order valence-corrected chi connectivity index (χ1v) is 0.697. The quantitative estimate of drug-likeness (QED) is 0.420. The van der Waals surface area contributed by atoms with Crippen molar-refractivity contribution < 1.29 is 78.8 Å². The van der Waals surface area contributed by atoms with Gasteiger partial charge in [0.2, 0.25) is 0 Å². The van der Waals surface area contributed by atoms with Crippen molar-refractivity contribution in [1.29, 1.82) is 0 Å². The Hall–Kier alpha value is 1.32. The van der Waals surface area contributed by atoms with Crippen LogP contribution in [0.3, 0.4) is 0 Å². The molecule has 0 bridgehead atoms. The number of rotatable bonds is 0. The van der Waals surface area contributed by atoms with Crippen LogP contribution >= 0.6 is 0 Å². The molecule has 0 aliphatic carbocycles. The molecular formula is CH2CsNO2. The van der Waals surface area contributed by atoms with Gasteiger partial charge in [-0.3, -0.25) is 0 Å². The Bertz CT molecular complexity index is 32.6. The molecule has 0 fully saturated rings. The molecule has 24 valence electrons. The van der Waals surface area contributed by atoms with Crippen LogP contribution in [0.25, 0.3) is 0 Å². The van der Waals surface area contributed by atoms with Crippen LogP contribution in [0, 0.1) is 0 Å². The first-order valence-electron chi connectivity index (χ1n) is 0.697. The Morgan fingerprint density at radius 1 is 1.80 bits per heavy atom. The summed E-state index contributed by atoms with van der Waals surface area (Å²) in [5.41, 5.74) is 3.92.